The first kappa shape index (κ1) is 47.0. The van der Waals surface area contributed by atoms with Gasteiger partial charge in [-0.05, 0) is 31.8 Å². The zero-order valence-electron chi connectivity index (χ0n) is 34.8. The highest BCUT2D eigenvalue weighted by Gasteiger charge is 2.59. The van der Waals surface area contributed by atoms with Gasteiger partial charge in [0, 0.05) is 57.1 Å². The van der Waals surface area contributed by atoms with Crippen LogP contribution in [0.15, 0.2) is 35.5 Å². The summed E-state index contributed by atoms with van der Waals surface area (Å²) in [6.07, 6.45) is -5.03. The van der Waals surface area contributed by atoms with Gasteiger partial charge in [-0.25, -0.2) is 9.59 Å². The molecule has 3 fully saturated rings. The summed E-state index contributed by atoms with van der Waals surface area (Å²) in [7, 11) is 2.40. The fourth-order valence-electron chi connectivity index (χ4n) is 8.11. The standard InChI is InChI=1S/C41H60O17/c1-22(42)32-19-29-15-26(16-35(47)52-9)37(54-24(3)44)41(50,58-29)38(4,5)11-10-28-12-25(14-34(46)51-8)13-31(55-28)21-40(49)39(6,7)33(53-23(2)43)20-30(57-40)17-27(45)18-36(48)56-32/h10-11,14,16,22,27-33,37,42,45,49-50H,12-13,15,17-21H2,1-9H3/b11-10+,25-14+,26-16+/t22-,27-,28+,29?,30-,31+,32-,33+,37?,40+,41?/m1/s1. The Bertz CT molecular complexity index is 1630. The molecule has 0 aromatic rings. The van der Waals surface area contributed by atoms with Crippen LogP contribution < -0.4 is 0 Å². The molecule has 4 N–H and O–H groups in total. The number of carbonyl (C=O) groups is 5. The third-order valence-corrected chi connectivity index (χ3v) is 11.5. The maximum atomic E-state index is 13.3. The van der Waals surface area contributed by atoms with Crippen molar-refractivity contribution in [1.82, 2.24) is 0 Å². The number of aliphatic hydroxyl groups excluding tert-OH is 2. The lowest BCUT2D eigenvalue weighted by Crippen LogP contribution is -2.62. The Morgan fingerprint density at radius 3 is 2.09 bits per heavy atom. The first-order valence-corrected chi connectivity index (χ1v) is 19.5. The highest BCUT2D eigenvalue weighted by Crippen LogP contribution is 2.50. The van der Waals surface area contributed by atoms with E-state index in [9.17, 15) is 44.4 Å². The van der Waals surface area contributed by atoms with E-state index in [1.54, 1.807) is 39.8 Å². The molecule has 17 nitrogen and oxygen atoms in total. The number of hydrogen-bond acceptors (Lipinski definition) is 17. The summed E-state index contributed by atoms with van der Waals surface area (Å²) in [5.41, 5.74) is -1.97. The summed E-state index contributed by atoms with van der Waals surface area (Å²) in [5, 5.41) is 46.9. The van der Waals surface area contributed by atoms with Gasteiger partial charge >= 0.3 is 29.8 Å². The molecule has 0 amide bonds. The van der Waals surface area contributed by atoms with Gasteiger partial charge in [-0.2, -0.15) is 0 Å². The van der Waals surface area contributed by atoms with Crippen molar-refractivity contribution in [2.24, 2.45) is 10.8 Å². The Morgan fingerprint density at radius 2 is 1.48 bits per heavy atom. The third-order valence-electron chi connectivity index (χ3n) is 11.5. The van der Waals surface area contributed by atoms with Gasteiger partial charge in [0.15, 0.2) is 11.9 Å². The van der Waals surface area contributed by atoms with Crippen molar-refractivity contribution in [3.8, 4) is 0 Å². The van der Waals surface area contributed by atoms with Gasteiger partial charge < -0.3 is 58.3 Å². The summed E-state index contributed by atoms with van der Waals surface area (Å²) in [6, 6.07) is 0. The Labute approximate surface area is 338 Å². The minimum absolute atomic E-state index is 0.0778. The molecular weight excluding hydrogens is 764 g/mol. The fraction of sp³-hybridized carbons (Fsp3) is 0.732. The predicted octanol–water partition coefficient (Wildman–Crippen LogP) is 2.39. The zero-order valence-corrected chi connectivity index (χ0v) is 34.8. The monoisotopic (exact) mass is 824 g/mol. The van der Waals surface area contributed by atoms with E-state index in [-0.39, 0.29) is 50.5 Å². The molecule has 4 heterocycles. The molecule has 4 aliphatic rings. The molecular formula is C41H60O17. The maximum absolute atomic E-state index is 13.3. The summed E-state index contributed by atoms with van der Waals surface area (Å²) in [6.45, 7) is 10.3. The van der Waals surface area contributed by atoms with E-state index in [0.717, 1.165) is 20.1 Å². The average molecular weight is 825 g/mol. The van der Waals surface area contributed by atoms with Crippen molar-refractivity contribution < 1.29 is 82.3 Å². The largest absolute Gasteiger partial charge is 0.466 e. The second-order valence-corrected chi connectivity index (χ2v) is 16.9. The number of methoxy groups -OCH3 is 2. The topological polar surface area (TPSA) is 240 Å². The number of ether oxygens (including phenoxy) is 8. The van der Waals surface area contributed by atoms with Gasteiger partial charge in [0.25, 0.3) is 0 Å². The van der Waals surface area contributed by atoms with Gasteiger partial charge in [0.2, 0.25) is 5.79 Å². The second kappa shape index (κ2) is 18.7. The van der Waals surface area contributed by atoms with E-state index in [2.05, 4.69) is 0 Å². The molecule has 0 saturated carbocycles. The molecule has 0 spiro atoms. The number of esters is 5. The summed E-state index contributed by atoms with van der Waals surface area (Å²) in [5.74, 6) is -8.15. The lowest BCUT2D eigenvalue weighted by atomic mass is 9.70. The van der Waals surface area contributed by atoms with Crippen molar-refractivity contribution in [2.45, 2.75) is 166 Å². The first-order chi connectivity index (χ1) is 26.9. The van der Waals surface area contributed by atoms with E-state index >= 15 is 0 Å². The van der Waals surface area contributed by atoms with Gasteiger partial charge in [-0.3, -0.25) is 14.4 Å². The predicted molar refractivity (Wildman–Crippen MR) is 201 cm³/mol. The Hall–Kier alpha value is -3.71. The van der Waals surface area contributed by atoms with Crippen LogP contribution >= 0.6 is 0 Å². The van der Waals surface area contributed by atoms with Crippen LogP contribution in [-0.4, -0.2) is 131 Å². The van der Waals surface area contributed by atoms with E-state index in [1.165, 1.54) is 27.0 Å². The molecule has 11 atom stereocenters. The lowest BCUT2D eigenvalue weighted by molar-refractivity contribution is -0.348. The minimum Gasteiger partial charge on any atom is -0.466 e. The SMILES string of the molecule is COC(=O)/C=C1/C[C@H]2C[C@]3(O)O[C@H](C[C@@H](O)CC(=O)O[C@@H]([C@@H](C)O)CC4C/C(=C\C(=O)OC)C(OC(C)=O)C(O)(O4)C(C)(C)/C=C/[C@@H](C1)O2)C[C@H](OC(C)=O)C3(C)C. The highest BCUT2D eigenvalue weighted by molar-refractivity contribution is 5.83. The van der Waals surface area contributed by atoms with Crippen LogP contribution in [0.2, 0.25) is 0 Å². The van der Waals surface area contributed by atoms with Crippen LogP contribution in [0.1, 0.15) is 99.8 Å². The molecule has 0 aliphatic carbocycles. The lowest BCUT2D eigenvalue weighted by Gasteiger charge is -2.53. The molecule has 326 valence electrons. The van der Waals surface area contributed by atoms with Gasteiger partial charge in [0.1, 0.15) is 12.2 Å². The van der Waals surface area contributed by atoms with Crippen LogP contribution in [0, 0.1) is 10.8 Å². The summed E-state index contributed by atoms with van der Waals surface area (Å²) < 4.78 is 46.0. The minimum atomic E-state index is -2.41. The number of cyclic esters (lactones) is 1. The first-order valence-electron chi connectivity index (χ1n) is 19.5. The number of aliphatic hydroxyl groups is 4. The van der Waals surface area contributed by atoms with Gasteiger partial charge in [0.05, 0.1) is 62.7 Å². The number of carbonyl (C=O) groups excluding carboxylic acids is 5. The van der Waals surface area contributed by atoms with E-state index in [0.29, 0.717) is 5.57 Å². The van der Waals surface area contributed by atoms with Crippen molar-refractivity contribution in [3.05, 3.63) is 35.5 Å². The van der Waals surface area contributed by atoms with Crippen LogP contribution in [0.3, 0.4) is 0 Å². The molecule has 17 heteroatoms. The van der Waals surface area contributed by atoms with Crippen LogP contribution in [0.5, 0.6) is 0 Å². The summed E-state index contributed by atoms with van der Waals surface area (Å²) >= 11 is 0. The Balaban J connectivity index is 1.88. The molecule has 0 radical (unpaired) electrons. The van der Waals surface area contributed by atoms with Gasteiger partial charge in [-0.15, -0.1) is 0 Å². The van der Waals surface area contributed by atoms with Crippen molar-refractivity contribution >= 4 is 29.8 Å². The molecule has 4 aliphatic heterocycles. The van der Waals surface area contributed by atoms with E-state index in [4.69, 9.17) is 37.9 Å². The Morgan fingerprint density at radius 1 is 0.845 bits per heavy atom. The number of hydrogen-bond donors (Lipinski definition) is 4. The van der Waals surface area contributed by atoms with E-state index in [1.807, 2.05) is 0 Å². The maximum Gasteiger partial charge on any atom is 0.330 e. The van der Waals surface area contributed by atoms with Crippen LogP contribution in [0.25, 0.3) is 0 Å². The number of rotatable bonds is 5. The third kappa shape index (κ3) is 11.1. The molecule has 0 aromatic heterocycles. The molecule has 3 saturated heterocycles. The molecule has 6 bridgehead atoms. The quantitative estimate of drug-likeness (QED) is 0.135. The normalized spacial score (nSPS) is 38.0. The van der Waals surface area contributed by atoms with Crippen molar-refractivity contribution in [1.29, 1.82) is 0 Å². The molecule has 58 heavy (non-hydrogen) atoms. The smallest absolute Gasteiger partial charge is 0.330 e. The number of fused-ring (bicyclic) bond motifs is 6. The highest BCUT2D eigenvalue weighted by atomic mass is 16.7. The fourth-order valence-corrected chi connectivity index (χ4v) is 8.11. The average Bonchev–Trinajstić information content (AvgIpc) is 3.09. The van der Waals surface area contributed by atoms with E-state index < -0.39 is 114 Å². The van der Waals surface area contributed by atoms with Crippen LogP contribution in [0.4, 0.5) is 0 Å². The van der Waals surface area contributed by atoms with Crippen molar-refractivity contribution in [2.75, 3.05) is 14.2 Å². The van der Waals surface area contributed by atoms with Crippen LogP contribution in [-0.2, 0) is 61.9 Å². The Kier molecular flexibility index (Phi) is 15.1. The summed E-state index contributed by atoms with van der Waals surface area (Å²) in [4.78, 5) is 63.2. The van der Waals surface area contributed by atoms with Crippen molar-refractivity contribution in [3.63, 3.8) is 0 Å². The van der Waals surface area contributed by atoms with Gasteiger partial charge in [-0.1, -0.05) is 45.4 Å². The molecule has 3 unspecified atom stereocenters. The molecule has 0 aromatic carbocycles. The molecule has 4 rings (SSSR count). The zero-order chi connectivity index (χ0) is 43.4. The second-order valence-electron chi connectivity index (χ2n) is 16.9.